The Hall–Kier alpha value is -2.11. The van der Waals surface area contributed by atoms with E-state index in [1.807, 2.05) is 12.1 Å². The third kappa shape index (κ3) is 3.87. The minimum atomic E-state index is -0.0209. The molecule has 28 heavy (non-hydrogen) atoms. The number of methoxy groups -OCH3 is 1. The van der Waals surface area contributed by atoms with Crippen LogP contribution in [0.2, 0.25) is 0 Å². The average molecular weight is 441 g/mol. The summed E-state index contributed by atoms with van der Waals surface area (Å²) in [4.78, 5) is 12.5. The summed E-state index contributed by atoms with van der Waals surface area (Å²) >= 11 is 3.52. The predicted octanol–water partition coefficient (Wildman–Crippen LogP) is 5.04. The van der Waals surface area contributed by atoms with Gasteiger partial charge in [-0.2, -0.15) is 0 Å². The number of halogens is 1. The number of hydrogen-bond donors (Lipinski definition) is 2. The van der Waals surface area contributed by atoms with E-state index in [0.29, 0.717) is 25.0 Å². The number of allylic oxidation sites excluding steroid dienone is 2. The first-order valence-corrected chi connectivity index (χ1v) is 10.6. The zero-order chi connectivity index (χ0) is 19.5. The molecule has 3 atom stereocenters. The molecule has 2 aromatic carbocycles. The summed E-state index contributed by atoms with van der Waals surface area (Å²) in [5.74, 6) is 0.785. The number of hydrogen-bond acceptors (Lipinski definition) is 3. The molecular formula is C23H25BrN2O2. The molecule has 0 bridgehead atoms. The summed E-state index contributed by atoms with van der Waals surface area (Å²) in [6, 6.07) is 14.9. The normalized spacial score (nSPS) is 22.3. The van der Waals surface area contributed by atoms with E-state index in [1.54, 1.807) is 7.11 Å². The quantitative estimate of drug-likeness (QED) is 0.488. The average Bonchev–Trinajstić information content (AvgIpc) is 3.21. The van der Waals surface area contributed by atoms with E-state index >= 15 is 0 Å². The SMILES string of the molecule is COCCCNC(=O)c1ccc2c(c1)[C@@H]1C=CC[C@@H]1[C@H](c1ccc(Br)cc1)N2. The lowest BCUT2D eigenvalue weighted by Crippen LogP contribution is -2.30. The fourth-order valence-corrected chi connectivity index (χ4v) is 4.52. The van der Waals surface area contributed by atoms with E-state index in [-0.39, 0.29) is 11.9 Å². The first-order chi connectivity index (χ1) is 13.7. The Bertz CT molecular complexity index is 879. The molecule has 0 spiro atoms. The molecule has 0 fully saturated rings. The van der Waals surface area contributed by atoms with Gasteiger partial charge < -0.3 is 15.4 Å². The highest BCUT2D eigenvalue weighted by Crippen LogP contribution is 2.49. The van der Waals surface area contributed by atoms with E-state index in [1.165, 1.54) is 11.1 Å². The largest absolute Gasteiger partial charge is 0.385 e. The fourth-order valence-electron chi connectivity index (χ4n) is 4.26. The molecule has 1 aliphatic heterocycles. The number of amides is 1. The molecule has 4 nitrogen and oxygen atoms in total. The molecule has 5 heteroatoms. The lowest BCUT2D eigenvalue weighted by molar-refractivity contribution is 0.0948. The van der Waals surface area contributed by atoms with Gasteiger partial charge in [0.05, 0.1) is 6.04 Å². The Morgan fingerprint density at radius 1 is 1.25 bits per heavy atom. The van der Waals surface area contributed by atoms with Crippen molar-refractivity contribution in [1.82, 2.24) is 5.32 Å². The third-order valence-corrected chi connectivity index (χ3v) is 6.19. The summed E-state index contributed by atoms with van der Waals surface area (Å²) in [5, 5.41) is 6.71. The van der Waals surface area contributed by atoms with Crippen LogP contribution < -0.4 is 10.6 Å². The van der Waals surface area contributed by atoms with Gasteiger partial charge in [-0.3, -0.25) is 4.79 Å². The number of rotatable bonds is 6. The molecule has 0 saturated carbocycles. The van der Waals surface area contributed by atoms with Gasteiger partial charge >= 0.3 is 0 Å². The van der Waals surface area contributed by atoms with Crippen LogP contribution in [0.5, 0.6) is 0 Å². The molecule has 1 heterocycles. The molecule has 1 amide bonds. The van der Waals surface area contributed by atoms with Crippen LogP contribution in [0, 0.1) is 5.92 Å². The van der Waals surface area contributed by atoms with E-state index in [2.05, 4.69) is 69.0 Å². The minimum Gasteiger partial charge on any atom is -0.385 e. The number of ether oxygens (including phenoxy) is 1. The zero-order valence-electron chi connectivity index (χ0n) is 16.0. The molecular weight excluding hydrogens is 416 g/mol. The highest BCUT2D eigenvalue weighted by molar-refractivity contribution is 9.10. The molecule has 2 aromatic rings. The fraction of sp³-hybridized carbons (Fsp3) is 0.348. The van der Waals surface area contributed by atoms with Gasteiger partial charge in [0.1, 0.15) is 0 Å². The van der Waals surface area contributed by atoms with E-state index < -0.39 is 0 Å². The molecule has 4 rings (SSSR count). The van der Waals surface area contributed by atoms with Gasteiger partial charge in [-0.25, -0.2) is 0 Å². The lowest BCUT2D eigenvalue weighted by atomic mass is 9.76. The molecule has 0 saturated heterocycles. The molecule has 2 aliphatic rings. The van der Waals surface area contributed by atoms with Crippen molar-refractivity contribution in [1.29, 1.82) is 0 Å². The second-order valence-corrected chi connectivity index (χ2v) is 8.35. The van der Waals surface area contributed by atoms with Crippen LogP contribution in [-0.4, -0.2) is 26.2 Å². The Morgan fingerprint density at radius 2 is 2.07 bits per heavy atom. The van der Waals surface area contributed by atoms with Crippen molar-refractivity contribution < 1.29 is 9.53 Å². The van der Waals surface area contributed by atoms with Crippen LogP contribution in [0.1, 0.15) is 46.3 Å². The topological polar surface area (TPSA) is 50.4 Å². The number of anilines is 1. The first kappa shape index (κ1) is 19.2. The summed E-state index contributed by atoms with van der Waals surface area (Å²) in [6.07, 6.45) is 6.44. The Balaban J connectivity index is 1.56. The summed E-state index contributed by atoms with van der Waals surface area (Å²) < 4.78 is 6.13. The first-order valence-electron chi connectivity index (χ1n) is 9.77. The van der Waals surface area contributed by atoms with Crippen LogP contribution in [0.3, 0.4) is 0 Å². The van der Waals surface area contributed by atoms with Gasteiger partial charge in [-0.05, 0) is 60.2 Å². The van der Waals surface area contributed by atoms with Crippen molar-refractivity contribution in [2.75, 3.05) is 25.6 Å². The van der Waals surface area contributed by atoms with Gasteiger partial charge in [0.2, 0.25) is 0 Å². The summed E-state index contributed by atoms with van der Waals surface area (Å²) in [5.41, 5.74) is 4.36. The van der Waals surface area contributed by atoms with Gasteiger partial charge in [-0.15, -0.1) is 0 Å². The highest BCUT2D eigenvalue weighted by atomic mass is 79.9. The number of carbonyl (C=O) groups excluding carboxylic acids is 1. The molecule has 1 aliphatic carbocycles. The van der Waals surface area contributed by atoms with Crippen molar-refractivity contribution in [3.63, 3.8) is 0 Å². The van der Waals surface area contributed by atoms with Crippen molar-refractivity contribution >= 4 is 27.5 Å². The second kappa shape index (κ2) is 8.50. The minimum absolute atomic E-state index is 0.0209. The van der Waals surface area contributed by atoms with Gasteiger partial charge in [0, 0.05) is 41.9 Å². The Labute approximate surface area is 174 Å². The van der Waals surface area contributed by atoms with Gasteiger partial charge in [0.15, 0.2) is 0 Å². The standard InChI is InChI=1S/C23H25BrN2O2/c1-28-13-3-12-25-23(27)16-8-11-21-20(14-16)18-4-2-5-19(18)22(26-21)15-6-9-17(24)10-7-15/h2,4,6-11,14,18-19,22,26H,3,5,12-13H2,1H3,(H,25,27)/t18-,19+,22+/m1/s1. The predicted molar refractivity (Wildman–Crippen MR) is 116 cm³/mol. The second-order valence-electron chi connectivity index (χ2n) is 7.43. The Morgan fingerprint density at radius 3 is 2.86 bits per heavy atom. The highest BCUT2D eigenvalue weighted by Gasteiger charge is 2.38. The van der Waals surface area contributed by atoms with Gasteiger partial charge in [0.25, 0.3) is 5.91 Å². The molecule has 0 unspecified atom stereocenters. The molecule has 0 aromatic heterocycles. The summed E-state index contributed by atoms with van der Waals surface area (Å²) in [7, 11) is 1.67. The van der Waals surface area contributed by atoms with E-state index in [4.69, 9.17) is 4.74 Å². The van der Waals surface area contributed by atoms with Crippen LogP contribution in [0.4, 0.5) is 5.69 Å². The van der Waals surface area contributed by atoms with E-state index in [0.717, 1.165) is 28.6 Å². The smallest absolute Gasteiger partial charge is 0.251 e. The number of carbonyl (C=O) groups is 1. The third-order valence-electron chi connectivity index (χ3n) is 5.66. The monoisotopic (exact) mass is 440 g/mol. The van der Waals surface area contributed by atoms with Crippen LogP contribution in [-0.2, 0) is 4.74 Å². The molecule has 2 N–H and O–H groups in total. The summed E-state index contributed by atoms with van der Waals surface area (Å²) in [6.45, 7) is 1.28. The van der Waals surface area contributed by atoms with Crippen LogP contribution >= 0.6 is 15.9 Å². The van der Waals surface area contributed by atoms with Crippen LogP contribution in [0.25, 0.3) is 0 Å². The lowest BCUT2D eigenvalue weighted by Gasteiger charge is -2.37. The molecule has 0 radical (unpaired) electrons. The number of benzene rings is 2. The number of fused-ring (bicyclic) bond motifs is 3. The van der Waals surface area contributed by atoms with Crippen LogP contribution in [0.15, 0.2) is 59.1 Å². The molecule has 146 valence electrons. The van der Waals surface area contributed by atoms with Crippen molar-refractivity contribution in [2.24, 2.45) is 5.92 Å². The van der Waals surface area contributed by atoms with Gasteiger partial charge in [-0.1, -0.05) is 40.2 Å². The van der Waals surface area contributed by atoms with Crippen molar-refractivity contribution in [2.45, 2.75) is 24.8 Å². The maximum Gasteiger partial charge on any atom is 0.251 e. The van der Waals surface area contributed by atoms with E-state index in [9.17, 15) is 4.79 Å². The maximum atomic E-state index is 12.5. The maximum absolute atomic E-state index is 12.5. The zero-order valence-corrected chi connectivity index (χ0v) is 17.5. The number of nitrogens with one attached hydrogen (secondary N) is 2. The van der Waals surface area contributed by atoms with Crippen molar-refractivity contribution in [3.8, 4) is 0 Å². The van der Waals surface area contributed by atoms with Crippen molar-refractivity contribution in [3.05, 3.63) is 75.8 Å². The Kier molecular flexibility index (Phi) is 5.83.